The number of amides is 1. The van der Waals surface area contributed by atoms with Crippen LogP contribution in [0.5, 0.6) is 0 Å². The van der Waals surface area contributed by atoms with Gasteiger partial charge in [-0.2, -0.15) is 0 Å². The van der Waals surface area contributed by atoms with Crippen LogP contribution in [0.25, 0.3) is 0 Å². The van der Waals surface area contributed by atoms with Gasteiger partial charge in [0.1, 0.15) is 0 Å². The molecule has 2 saturated heterocycles. The molecule has 0 aromatic carbocycles. The molecule has 3 unspecified atom stereocenters. The molecule has 0 spiro atoms. The van der Waals surface area contributed by atoms with Crippen molar-refractivity contribution in [1.29, 1.82) is 0 Å². The van der Waals surface area contributed by atoms with Crippen LogP contribution in [-0.2, 0) is 14.3 Å². The number of rotatable bonds is 5. The van der Waals surface area contributed by atoms with Gasteiger partial charge in [-0.1, -0.05) is 0 Å². The number of hydrogen-bond acceptors (Lipinski definition) is 4. The van der Waals surface area contributed by atoms with E-state index in [2.05, 4.69) is 10.6 Å². The summed E-state index contributed by atoms with van der Waals surface area (Å²) in [4.78, 5) is 11.9. The van der Waals surface area contributed by atoms with Crippen LogP contribution in [0.4, 0.5) is 0 Å². The monoisotopic (exact) mass is 242 g/mol. The Morgan fingerprint density at radius 3 is 2.88 bits per heavy atom. The van der Waals surface area contributed by atoms with Crippen molar-refractivity contribution in [2.24, 2.45) is 11.8 Å². The molecule has 5 nitrogen and oxygen atoms in total. The van der Waals surface area contributed by atoms with Crippen LogP contribution < -0.4 is 10.6 Å². The van der Waals surface area contributed by atoms with Crippen LogP contribution in [-0.4, -0.2) is 52.0 Å². The Hall–Kier alpha value is -0.650. The van der Waals surface area contributed by atoms with Gasteiger partial charge >= 0.3 is 0 Å². The summed E-state index contributed by atoms with van der Waals surface area (Å²) in [5, 5.41) is 6.12. The van der Waals surface area contributed by atoms with Gasteiger partial charge < -0.3 is 20.1 Å². The van der Waals surface area contributed by atoms with Crippen LogP contribution in [0, 0.1) is 11.8 Å². The molecule has 2 aliphatic heterocycles. The fourth-order valence-electron chi connectivity index (χ4n) is 2.44. The van der Waals surface area contributed by atoms with Gasteiger partial charge in [0, 0.05) is 25.8 Å². The predicted octanol–water partition coefficient (Wildman–Crippen LogP) is -0.236. The number of carbonyl (C=O) groups is 1. The molecule has 17 heavy (non-hydrogen) atoms. The first kappa shape index (κ1) is 12.8. The summed E-state index contributed by atoms with van der Waals surface area (Å²) >= 11 is 0. The van der Waals surface area contributed by atoms with Crippen molar-refractivity contribution in [1.82, 2.24) is 10.6 Å². The molecule has 2 fully saturated rings. The SMILES string of the molecule is CNC1COCC1C(=O)NCCC1CCOC1. The third-order valence-corrected chi connectivity index (χ3v) is 3.66. The van der Waals surface area contributed by atoms with Crippen molar-refractivity contribution < 1.29 is 14.3 Å². The summed E-state index contributed by atoms with van der Waals surface area (Å²) in [5.41, 5.74) is 0. The Labute approximate surface area is 102 Å². The van der Waals surface area contributed by atoms with Crippen molar-refractivity contribution >= 4 is 5.91 Å². The van der Waals surface area contributed by atoms with Gasteiger partial charge in [-0.15, -0.1) is 0 Å². The summed E-state index contributed by atoms with van der Waals surface area (Å²) in [7, 11) is 1.87. The van der Waals surface area contributed by atoms with Crippen LogP contribution in [0.15, 0.2) is 0 Å². The summed E-state index contributed by atoms with van der Waals surface area (Å²) in [5.74, 6) is 0.691. The van der Waals surface area contributed by atoms with E-state index in [0.29, 0.717) is 19.1 Å². The summed E-state index contributed by atoms with van der Waals surface area (Å²) in [6.07, 6.45) is 2.14. The number of likely N-dealkylation sites (N-methyl/N-ethyl adjacent to an activating group) is 1. The summed E-state index contributed by atoms with van der Waals surface area (Å²) < 4.78 is 10.6. The molecule has 98 valence electrons. The van der Waals surface area contributed by atoms with Crippen molar-refractivity contribution in [3.63, 3.8) is 0 Å². The number of nitrogens with one attached hydrogen (secondary N) is 2. The predicted molar refractivity (Wildman–Crippen MR) is 63.7 cm³/mol. The van der Waals surface area contributed by atoms with Gasteiger partial charge in [0.2, 0.25) is 5.91 Å². The van der Waals surface area contributed by atoms with Gasteiger partial charge in [-0.25, -0.2) is 0 Å². The second-order valence-corrected chi connectivity index (χ2v) is 4.85. The second kappa shape index (κ2) is 6.33. The van der Waals surface area contributed by atoms with Crippen molar-refractivity contribution in [3.8, 4) is 0 Å². The van der Waals surface area contributed by atoms with Crippen LogP contribution in [0.1, 0.15) is 12.8 Å². The lowest BCUT2D eigenvalue weighted by Gasteiger charge is -2.17. The Bertz CT molecular complexity index is 254. The molecule has 3 atom stereocenters. The van der Waals surface area contributed by atoms with Gasteiger partial charge in [0.15, 0.2) is 0 Å². The van der Waals surface area contributed by atoms with E-state index >= 15 is 0 Å². The third kappa shape index (κ3) is 3.40. The van der Waals surface area contributed by atoms with E-state index in [4.69, 9.17) is 9.47 Å². The largest absolute Gasteiger partial charge is 0.381 e. The van der Waals surface area contributed by atoms with Gasteiger partial charge in [0.05, 0.1) is 19.1 Å². The zero-order chi connectivity index (χ0) is 12.1. The molecule has 5 heteroatoms. The Balaban J connectivity index is 1.66. The second-order valence-electron chi connectivity index (χ2n) is 4.85. The quantitative estimate of drug-likeness (QED) is 0.699. The summed E-state index contributed by atoms with van der Waals surface area (Å²) in [6, 6.07) is 0.157. The highest BCUT2D eigenvalue weighted by Crippen LogP contribution is 2.16. The molecule has 1 amide bonds. The lowest BCUT2D eigenvalue weighted by atomic mass is 10.0. The minimum Gasteiger partial charge on any atom is -0.381 e. The fraction of sp³-hybridized carbons (Fsp3) is 0.917. The molecular weight excluding hydrogens is 220 g/mol. The number of hydrogen-bond donors (Lipinski definition) is 2. The minimum atomic E-state index is -0.0418. The topological polar surface area (TPSA) is 59.6 Å². The van der Waals surface area contributed by atoms with E-state index in [1.807, 2.05) is 7.05 Å². The minimum absolute atomic E-state index is 0.0418. The highest BCUT2D eigenvalue weighted by atomic mass is 16.5. The van der Waals surface area contributed by atoms with E-state index in [1.165, 1.54) is 0 Å². The van der Waals surface area contributed by atoms with E-state index in [0.717, 1.165) is 32.6 Å². The smallest absolute Gasteiger partial charge is 0.227 e. The first-order chi connectivity index (χ1) is 8.31. The highest BCUT2D eigenvalue weighted by Gasteiger charge is 2.32. The van der Waals surface area contributed by atoms with E-state index in [9.17, 15) is 4.79 Å². The molecule has 2 heterocycles. The third-order valence-electron chi connectivity index (χ3n) is 3.66. The molecule has 0 radical (unpaired) electrons. The molecule has 0 saturated carbocycles. The molecule has 0 aromatic heterocycles. The highest BCUT2D eigenvalue weighted by molar-refractivity contribution is 5.79. The first-order valence-electron chi connectivity index (χ1n) is 6.41. The maximum atomic E-state index is 11.9. The Kier molecular flexibility index (Phi) is 4.76. The molecule has 0 bridgehead atoms. The zero-order valence-corrected chi connectivity index (χ0v) is 10.4. The van der Waals surface area contributed by atoms with Crippen molar-refractivity contribution in [3.05, 3.63) is 0 Å². The molecule has 2 N–H and O–H groups in total. The lowest BCUT2D eigenvalue weighted by Crippen LogP contribution is -2.43. The van der Waals surface area contributed by atoms with Crippen molar-refractivity contribution in [2.75, 3.05) is 40.0 Å². The lowest BCUT2D eigenvalue weighted by molar-refractivity contribution is -0.125. The van der Waals surface area contributed by atoms with Gasteiger partial charge in [-0.3, -0.25) is 4.79 Å². The van der Waals surface area contributed by atoms with Crippen LogP contribution >= 0.6 is 0 Å². The first-order valence-corrected chi connectivity index (χ1v) is 6.41. The zero-order valence-electron chi connectivity index (χ0n) is 10.4. The van der Waals surface area contributed by atoms with E-state index in [-0.39, 0.29) is 17.9 Å². The summed E-state index contributed by atoms with van der Waals surface area (Å²) in [6.45, 7) is 3.63. The van der Waals surface area contributed by atoms with Crippen LogP contribution in [0.3, 0.4) is 0 Å². The molecule has 0 aliphatic carbocycles. The number of ether oxygens (including phenoxy) is 2. The maximum absolute atomic E-state index is 11.9. The molecule has 0 aromatic rings. The normalized spacial score (nSPS) is 32.9. The van der Waals surface area contributed by atoms with E-state index in [1.54, 1.807) is 0 Å². The van der Waals surface area contributed by atoms with Gasteiger partial charge in [0.25, 0.3) is 0 Å². The van der Waals surface area contributed by atoms with Gasteiger partial charge in [-0.05, 0) is 25.8 Å². The van der Waals surface area contributed by atoms with Crippen LogP contribution in [0.2, 0.25) is 0 Å². The molecule has 2 rings (SSSR count). The maximum Gasteiger partial charge on any atom is 0.227 e. The Morgan fingerprint density at radius 1 is 1.29 bits per heavy atom. The standard InChI is InChI=1S/C12H22N2O3/c1-13-11-8-17-7-10(11)12(15)14-4-2-9-3-5-16-6-9/h9-11,13H,2-8H2,1H3,(H,14,15). The molecule has 2 aliphatic rings. The fourth-order valence-corrected chi connectivity index (χ4v) is 2.44. The Morgan fingerprint density at radius 2 is 2.18 bits per heavy atom. The van der Waals surface area contributed by atoms with Crippen molar-refractivity contribution in [2.45, 2.75) is 18.9 Å². The average molecular weight is 242 g/mol. The average Bonchev–Trinajstić information content (AvgIpc) is 2.99. The number of carbonyl (C=O) groups excluding carboxylic acids is 1. The molecular formula is C12H22N2O3. The van der Waals surface area contributed by atoms with E-state index < -0.39 is 0 Å².